The van der Waals surface area contributed by atoms with Crippen molar-refractivity contribution >= 4 is 55.7 Å². The third kappa shape index (κ3) is 18.8. The zero-order chi connectivity index (χ0) is 59.0. The van der Waals surface area contributed by atoms with Gasteiger partial charge in [0.15, 0.2) is 45.5 Å². The molecule has 3 saturated heterocycles. The lowest BCUT2D eigenvalue weighted by Crippen LogP contribution is -2.69. The Bertz CT molecular complexity index is 2500. The normalized spacial score (nSPS) is 28.7. The zero-order valence-corrected chi connectivity index (χ0v) is 48.9. The Labute approximate surface area is 477 Å². The average Bonchev–Trinajstić information content (AvgIpc) is 3.59. The first kappa shape index (κ1) is 64.8. The third-order valence-electron chi connectivity index (χ3n) is 13.8. The minimum Gasteiger partial charge on any atom is -0.463 e. The number of hydrogen-bond acceptors (Lipinski definition) is 22. The number of halogens is 1. The van der Waals surface area contributed by atoms with Crippen LogP contribution in [0.5, 0.6) is 0 Å². The van der Waals surface area contributed by atoms with Crippen molar-refractivity contribution in [2.75, 3.05) is 25.7 Å². The van der Waals surface area contributed by atoms with Gasteiger partial charge in [-0.05, 0) is 34.8 Å². The number of aliphatic hydroxyl groups is 1. The summed E-state index contributed by atoms with van der Waals surface area (Å²) in [7, 11) is -2.93. The van der Waals surface area contributed by atoms with E-state index in [2.05, 4.69) is 0 Å². The molecule has 24 heteroatoms. The lowest BCUT2D eigenvalue weighted by atomic mass is 9.95. The maximum Gasteiger partial charge on any atom is 0.320 e. The van der Waals surface area contributed by atoms with Crippen molar-refractivity contribution in [2.45, 2.75) is 185 Å². The summed E-state index contributed by atoms with van der Waals surface area (Å²) in [6, 6.07) is 27.1. The molecule has 81 heavy (non-hydrogen) atoms. The Balaban J connectivity index is 1.55. The predicted molar refractivity (Wildman–Crippen MR) is 287 cm³/mol. The molecule has 0 radical (unpaired) electrons. The first-order valence-electron chi connectivity index (χ1n) is 26.5. The van der Waals surface area contributed by atoms with Gasteiger partial charge in [0.05, 0.1) is 19.8 Å². The lowest BCUT2D eigenvalue weighted by molar-refractivity contribution is -0.385. The molecule has 3 aromatic carbocycles. The molecule has 3 aromatic rings. The van der Waals surface area contributed by atoms with E-state index in [1.165, 1.54) is 20.8 Å². The highest BCUT2D eigenvalue weighted by Gasteiger charge is 2.59. The number of carbonyl (C=O) groups is 6. The van der Waals surface area contributed by atoms with Crippen molar-refractivity contribution in [3.05, 3.63) is 108 Å². The van der Waals surface area contributed by atoms with E-state index >= 15 is 0 Å². The van der Waals surface area contributed by atoms with Gasteiger partial charge in [-0.15, -0.1) is 11.6 Å². The Morgan fingerprint density at radius 3 is 1.20 bits per heavy atom. The van der Waals surface area contributed by atoms with Crippen molar-refractivity contribution in [2.24, 2.45) is 0 Å². The van der Waals surface area contributed by atoms with E-state index in [1.807, 2.05) is 64.2 Å². The summed E-state index contributed by atoms with van der Waals surface area (Å²) >= 11 is 5.95. The third-order valence-corrected chi connectivity index (χ3v) is 18.5. The van der Waals surface area contributed by atoms with Crippen LogP contribution in [0.3, 0.4) is 0 Å². The van der Waals surface area contributed by atoms with Gasteiger partial charge in [-0.25, -0.2) is 0 Å². The summed E-state index contributed by atoms with van der Waals surface area (Å²) in [6.07, 6.45) is -23.0. The molecule has 3 fully saturated rings. The molecule has 15 atom stereocenters. The highest BCUT2D eigenvalue weighted by molar-refractivity contribution is 6.74. The van der Waals surface area contributed by atoms with Gasteiger partial charge in [0, 0.05) is 34.6 Å². The van der Waals surface area contributed by atoms with Crippen LogP contribution in [-0.2, 0) is 119 Å². The summed E-state index contributed by atoms with van der Waals surface area (Å²) in [6.45, 7) is 14.0. The molecular weight excluding hydrogens is 1100 g/mol. The SMILES string of the molecule is CC(=O)OC[C@H]1O[C@@H](O)[C@H](OC(C)=O)[C@@H](O[C@@H]2O[C@H](COC(=O)CCl)[C@@H](OCc3ccccc3)[C@H](O[C@@H]3O[C@H](COC(C)=O)[C@@H](OCc4ccccc4)[C@H](O[Si](C)(C)C(C)(C)C)[C@H]3OC(C)=O)[C@H]2OC(C)=O)[C@@H]1OCc1ccccc1. The van der Waals surface area contributed by atoms with Gasteiger partial charge in [0.1, 0.15) is 80.6 Å². The largest absolute Gasteiger partial charge is 0.463 e. The summed E-state index contributed by atoms with van der Waals surface area (Å²) in [5, 5.41) is 11.2. The van der Waals surface area contributed by atoms with Crippen LogP contribution in [0.1, 0.15) is 72.1 Å². The molecule has 0 aromatic heterocycles. The average molecular weight is 1180 g/mol. The molecule has 0 bridgehead atoms. The van der Waals surface area contributed by atoms with E-state index in [0.717, 1.165) is 19.4 Å². The highest BCUT2D eigenvalue weighted by atomic mass is 35.5. The standard InChI is InChI=1S/C57H75ClO22Si/c1-33(59)66-30-41-45(69-27-38-20-14-11-15-21-38)48(51(54(65)75-41)72-35(3)61)78-55-52(73-36(4)62)49(46(43(77-55)32-68-44(64)26-58)70-28-39-22-16-12-17-23-39)79-56-53(74-37(5)63)50(80-81(9,10)57(6,7)8)47(42(76-56)31-67-34(2)60)71-29-40-24-18-13-19-25-40/h11-25,41-43,45-56,65H,26-32H2,1-10H3/t41-,42-,43-,45-,46-,47-,48+,49+,50+,51-,52-,53-,54-,55+,56+/m1/s1. The molecular formula is C57H75ClO22Si. The number of alkyl halides is 1. The summed E-state index contributed by atoms with van der Waals surface area (Å²) < 4.78 is 95.1. The van der Waals surface area contributed by atoms with Crippen molar-refractivity contribution in [1.82, 2.24) is 0 Å². The molecule has 3 aliphatic heterocycles. The molecule has 1 N–H and O–H groups in total. The van der Waals surface area contributed by atoms with Gasteiger partial charge in [0.25, 0.3) is 0 Å². The van der Waals surface area contributed by atoms with Crippen LogP contribution < -0.4 is 0 Å². The van der Waals surface area contributed by atoms with Crippen molar-refractivity contribution in [1.29, 1.82) is 0 Å². The fourth-order valence-electron chi connectivity index (χ4n) is 9.01. The topological polar surface area (TPSA) is 261 Å². The second kappa shape index (κ2) is 30.2. The molecule has 0 unspecified atom stereocenters. The van der Waals surface area contributed by atoms with E-state index in [9.17, 15) is 33.9 Å². The Kier molecular flexibility index (Phi) is 24.2. The van der Waals surface area contributed by atoms with Crippen LogP contribution in [0.4, 0.5) is 0 Å². The van der Waals surface area contributed by atoms with Gasteiger partial charge in [-0.2, -0.15) is 0 Å². The summed E-state index contributed by atoms with van der Waals surface area (Å²) in [5.41, 5.74) is 2.09. The van der Waals surface area contributed by atoms with Crippen LogP contribution in [0.2, 0.25) is 18.1 Å². The molecule has 6 rings (SSSR count). The zero-order valence-electron chi connectivity index (χ0n) is 47.2. The molecule has 0 aliphatic carbocycles. The van der Waals surface area contributed by atoms with Gasteiger partial charge in [-0.3, -0.25) is 28.8 Å². The fraction of sp³-hybridized carbons (Fsp3) is 0.579. The molecule has 22 nitrogen and oxygen atoms in total. The van der Waals surface area contributed by atoms with Crippen LogP contribution in [0, 0.1) is 0 Å². The molecule has 3 aliphatic rings. The Morgan fingerprint density at radius 2 is 0.827 bits per heavy atom. The van der Waals surface area contributed by atoms with Gasteiger partial charge >= 0.3 is 35.8 Å². The van der Waals surface area contributed by atoms with E-state index in [1.54, 1.807) is 60.7 Å². The number of benzene rings is 3. The van der Waals surface area contributed by atoms with Gasteiger partial charge < -0.3 is 75.8 Å². The monoisotopic (exact) mass is 1170 g/mol. The molecule has 0 spiro atoms. The molecule has 3 heterocycles. The maximum absolute atomic E-state index is 13.6. The minimum atomic E-state index is -2.93. The fourth-order valence-corrected chi connectivity index (χ4v) is 10.4. The van der Waals surface area contributed by atoms with E-state index in [0.29, 0.717) is 11.1 Å². The van der Waals surface area contributed by atoms with Gasteiger partial charge in [0.2, 0.25) is 0 Å². The highest BCUT2D eigenvalue weighted by Crippen LogP contribution is 2.43. The molecule has 0 saturated carbocycles. The number of hydrogen-bond donors (Lipinski definition) is 1. The first-order valence-corrected chi connectivity index (χ1v) is 30.0. The van der Waals surface area contributed by atoms with E-state index in [4.69, 9.17) is 82.3 Å². The van der Waals surface area contributed by atoms with Crippen LogP contribution in [0.25, 0.3) is 0 Å². The number of rotatable bonds is 25. The maximum atomic E-state index is 13.6. The Hall–Kier alpha value is -5.41. The predicted octanol–water partition coefficient (Wildman–Crippen LogP) is 5.77. The number of esters is 6. The van der Waals surface area contributed by atoms with Gasteiger partial charge in [-0.1, -0.05) is 112 Å². The van der Waals surface area contributed by atoms with Crippen LogP contribution >= 0.6 is 11.6 Å². The molecule has 0 amide bonds. The van der Waals surface area contributed by atoms with Crippen LogP contribution in [-0.4, -0.2) is 167 Å². The van der Waals surface area contributed by atoms with E-state index < -0.39 is 167 Å². The lowest BCUT2D eigenvalue weighted by Gasteiger charge is -2.52. The van der Waals surface area contributed by atoms with Crippen molar-refractivity contribution in [3.8, 4) is 0 Å². The summed E-state index contributed by atoms with van der Waals surface area (Å²) in [5.74, 6) is -5.36. The number of carbonyl (C=O) groups excluding carboxylic acids is 6. The van der Waals surface area contributed by atoms with Crippen molar-refractivity contribution in [3.63, 3.8) is 0 Å². The smallest absolute Gasteiger partial charge is 0.320 e. The minimum absolute atomic E-state index is 0.0136. The van der Waals surface area contributed by atoms with E-state index in [-0.39, 0.29) is 19.8 Å². The Morgan fingerprint density at radius 1 is 0.481 bits per heavy atom. The number of ether oxygens (including phenoxy) is 14. The second-order valence-corrected chi connectivity index (χ2v) is 26.1. The van der Waals surface area contributed by atoms with Crippen molar-refractivity contribution < 1.29 is 105 Å². The number of aliphatic hydroxyl groups excluding tert-OH is 1. The summed E-state index contributed by atoms with van der Waals surface area (Å²) in [4.78, 5) is 77.9. The molecule has 446 valence electrons. The second-order valence-electron chi connectivity index (χ2n) is 21.1. The first-order chi connectivity index (χ1) is 38.4. The van der Waals surface area contributed by atoms with Crippen LogP contribution in [0.15, 0.2) is 91.0 Å². The quantitative estimate of drug-likeness (QED) is 0.0457.